The first-order valence-corrected chi connectivity index (χ1v) is 10.6. The van der Waals surface area contributed by atoms with Crippen molar-refractivity contribution in [3.8, 4) is 6.07 Å². The van der Waals surface area contributed by atoms with E-state index >= 15 is 0 Å². The van der Waals surface area contributed by atoms with Crippen LogP contribution < -0.4 is 5.32 Å². The molecule has 1 aliphatic heterocycles. The van der Waals surface area contributed by atoms with E-state index in [4.69, 9.17) is 5.26 Å². The van der Waals surface area contributed by atoms with Gasteiger partial charge in [0.1, 0.15) is 9.77 Å². The van der Waals surface area contributed by atoms with Crippen molar-refractivity contribution < 1.29 is 13.2 Å². The molecule has 8 heteroatoms. The van der Waals surface area contributed by atoms with Crippen LogP contribution in [0, 0.1) is 11.3 Å². The van der Waals surface area contributed by atoms with Gasteiger partial charge in [-0.25, -0.2) is 8.42 Å². The van der Waals surface area contributed by atoms with Gasteiger partial charge in [0.05, 0.1) is 17.7 Å². The minimum Gasteiger partial charge on any atom is -0.345 e. The Morgan fingerprint density at radius 1 is 1.23 bits per heavy atom. The topological polar surface area (TPSA) is 90.3 Å². The van der Waals surface area contributed by atoms with E-state index in [2.05, 4.69) is 11.4 Å². The van der Waals surface area contributed by atoms with Crippen LogP contribution in [0.15, 0.2) is 40.6 Å². The van der Waals surface area contributed by atoms with Crippen molar-refractivity contribution in [2.45, 2.75) is 30.7 Å². The summed E-state index contributed by atoms with van der Waals surface area (Å²) < 4.78 is 27.0. The van der Waals surface area contributed by atoms with Gasteiger partial charge in [0.25, 0.3) is 5.91 Å². The number of carbonyl (C=O) groups excluding carboxylic acids is 1. The maximum Gasteiger partial charge on any atom is 0.263 e. The van der Waals surface area contributed by atoms with Gasteiger partial charge < -0.3 is 5.32 Å². The van der Waals surface area contributed by atoms with Gasteiger partial charge in [-0.05, 0) is 48.9 Å². The minimum absolute atomic E-state index is 0.0777. The molecule has 136 valence electrons. The lowest BCUT2D eigenvalue weighted by atomic mass is 10.1. The minimum atomic E-state index is -3.63. The summed E-state index contributed by atoms with van der Waals surface area (Å²) in [5, 5.41) is 13.3. The van der Waals surface area contributed by atoms with E-state index in [-0.39, 0.29) is 15.8 Å². The summed E-state index contributed by atoms with van der Waals surface area (Å²) >= 11 is 1.13. The third kappa shape index (κ3) is 3.65. The Hall–Kier alpha value is -2.21. The molecule has 1 aromatic heterocycles. The Kier molecular flexibility index (Phi) is 5.41. The van der Waals surface area contributed by atoms with Crippen LogP contribution in [0.3, 0.4) is 0 Å². The number of benzene rings is 1. The van der Waals surface area contributed by atoms with Gasteiger partial charge in [0.2, 0.25) is 10.0 Å². The molecule has 0 saturated carbocycles. The monoisotopic (exact) mass is 389 g/mol. The summed E-state index contributed by atoms with van der Waals surface area (Å²) in [4.78, 5) is 12.9. The highest BCUT2D eigenvalue weighted by molar-refractivity contribution is 7.89. The van der Waals surface area contributed by atoms with Crippen LogP contribution in [-0.2, 0) is 10.0 Å². The Morgan fingerprint density at radius 2 is 1.88 bits per heavy atom. The number of amides is 1. The van der Waals surface area contributed by atoms with Crippen LogP contribution in [-0.4, -0.2) is 31.7 Å². The van der Waals surface area contributed by atoms with E-state index < -0.39 is 15.9 Å². The Morgan fingerprint density at radius 3 is 2.50 bits per heavy atom. The Bertz CT molecular complexity index is 937. The second-order valence-corrected chi connectivity index (χ2v) is 8.98. The van der Waals surface area contributed by atoms with E-state index in [0.29, 0.717) is 18.7 Å². The number of rotatable bonds is 5. The quantitative estimate of drug-likeness (QED) is 0.851. The van der Waals surface area contributed by atoms with Crippen molar-refractivity contribution in [2.24, 2.45) is 0 Å². The zero-order valence-electron chi connectivity index (χ0n) is 14.3. The lowest BCUT2D eigenvalue weighted by Crippen LogP contribution is -2.31. The molecule has 2 aromatic rings. The Labute approximate surface area is 157 Å². The van der Waals surface area contributed by atoms with Crippen molar-refractivity contribution in [1.82, 2.24) is 9.62 Å². The van der Waals surface area contributed by atoms with Gasteiger partial charge in [0.15, 0.2) is 0 Å². The van der Waals surface area contributed by atoms with E-state index in [1.165, 1.54) is 10.4 Å². The molecule has 0 bridgehead atoms. The summed E-state index contributed by atoms with van der Waals surface area (Å²) in [6.45, 7) is 2.82. The SMILES string of the molecule is CC(NC(=O)c1sccc1S(=O)(=O)N1CCCC1)c1ccc(C#N)cc1. The van der Waals surface area contributed by atoms with Gasteiger partial charge in [-0.1, -0.05) is 12.1 Å². The third-order valence-electron chi connectivity index (χ3n) is 4.41. The zero-order valence-corrected chi connectivity index (χ0v) is 15.9. The van der Waals surface area contributed by atoms with Gasteiger partial charge in [-0.3, -0.25) is 4.79 Å². The molecule has 1 amide bonds. The van der Waals surface area contributed by atoms with Crippen LogP contribution in [0.2, 0.25) is 0 Å². The first-order chi connectivity index (χ1) is 12.4. The van der Waals surface area contributed by atoms with E-state index in [9.17, 15) is 13.2 Å². The van der Waals surface area contributed by atoms with Crippen LogP contribution in [0.1, 0.15) is 46.6 Å². The summed E-state index contributed by atoms with van der Waals surface area (Å²) in [6.07, 6.45) is 1.70. The molecule has 1 aromatic carbocycles. The number of sulfonamides is 1. The molecular weight excluding hydrogens is 370 g/mol. The summed E-state index contributed by atoms with van der Waals surface area (Å²) in [5.74, 6) is -0.408. The lowest BCUT2D eigenvalue weighted by Gasteiger charge is -2.17. The number of nitriles is 1. The van der Waals surface area contributed by atoms with Crippen LogP contribution in [0.25, 0.3) is 0 Å². The lowest BCUT2D eigenvalue weighted by molar-refractivity contribution is 0.0941. The van der Waals surface area contributed by atoms with Gasteiger partial charge >= 0.3 is 0 Å². The van der Waals surface area contributed by atoms with Crippen LogP contribution >= 0.6 is 11.3 Å². The Balaban J connectivity index is 1.78. The predicted octanol–water partition coefficient (Wildman–Crippen LogP) is 2.90. The highest BCUT2D eigenvalue weighted by atomic mass is 32.2. The number of hydrogen-bond donors (Lipinski definition) is 1. The van der Waals surface area contributed by atoms with Gasteiger partial charge in [-0.2, -0.15) is 9.57 Å². The van der Waals surface area contributed by atoms with Crippen molar-refractivity contribution in [1.29, 1.82) is 5.26 Å². The van der Waals surface area contributed by atoms with Crippen LogP contribution in [0.5, 0.6) is 0 Å². The smallest absolute Gasteiger partial charge is 0.263 e. The molecule has 2 heterocycles. The molecule has 6 nitrogen and oxygen atoms in total. The normalized spacial score (nSPS) is 16.2. The van der Waals surface area contributed by atoms with E-state index in [1.807, 2.05) is 6.92 Å². The van der Waals surface area contributed by atoms with Crippen molar-refractivity contribution in [3.63, 3.8) is 0 Å². The predicted molar refractivity (Wildman–Crippen MR) is 99.4 cm³/mol. The van der Waals surface area contributed by atoms with E-state index in [0.717, 1.165) is 29.7 Å². The molecule has 1 fully saturated rings. The molecular formula is C18H19N3O3S2. The summed E-state index contributed by atoms with van der Waals surface area (Å²) in [6, 6.07) is 10.2. The molecule has 1 saturated heterocycles. The second-order valence-electron chi connectivity index (χ2n) is 6.15. The fourth-order valence-corrected chi connectivity index (χ4v) is 5.75. The molecule has 26 heavy (non-hydrogen) atoms. The van der Waals surface area contributed by atoms with Crippen molar-refractivity contribution >= 4 is 27.3 Å². The fourth-order valence-electron chi connectivity index (χ4n) is 2.93. The summed E-state index contributed by atoms with van der Waals surface area (Å²) in [5.41, 5.74) is 1.39. The number of hydrogen-bond acceptors (Lipinski definition) is 5. The summed E-state index contributed by atoms with van der Waals surface area (Å²) in [7, 11) is -3.63. The third-order valence-corrected chi connectivity index (χ3v) is 7.39. The maximum atomic E-state index is 12.8. The standard InChI is InChI=1S/C18H19N3O3S2/c1-13(15-6-4-14(12-19)5-7-15)20-18(22)17-16(8-11-25-17)26(23,24)21-9-2-3-10-21/h4-8,11,13H,2-3,9-10H2,1H3,(H,20,22). The molecule has 1 N–H and O–H groups in total. The average molecular weight is 390 g/mol. The zero-order chi connectivity index (χ0) is 18.7. The van der Waals surface area contributed by atoms with Crippen molar-refractivity contribution in [3.05, 3.63) is 51.7 Å². The van der Waals surface area contributed by atoms with Crippen LogP contribution in [0.4, 0.5) is 0 Å². The number of thiophene rings is 1. The molecule has 0 spiro atoms. The van der Waals surface area contributed by atoms with Gasteiger partial charge in [-0.15, -0.1) is 11.3 Å². The average Bonchev–Trinajstić information content (AvgIpc) is 3.33. The number of nitrogens with one attached hydrogen (secondary N) is 1. The molecule has 0 aliphatic carbocycles. The number of nitrogens with zero attached hydrogens (tertiary/aromatic N) is 2. The number of carbonyl (C=O) groups is 1. The molecule has 3 rings (SSSR count). The molecule has 1 unspecified atom stereocenters. The van der Waals surface area contributed by atoms with E-state index in [1.54, 1.807) is 29.6 Å². The molecule has 0 radical (unpaired) electrons. The fraction of sp³-hybridized carbons (Fsp3) is 0.333. The first-order valence-electron chi connectivity index (χ1n) is 8.32. The molecule has 1 atom stereocenters. The highest BCUT2D eigenvalue weighted by Gasteiger charge is 2.32. The van der Waals surface area contributed by atoms with Crippen molar-refractivity contribution in [2.75, 3.05) is 13.1 Å². The van der Waals surface area contributed by atoms with Gasteiger partial charge in [0, 0.05) is 13.1 Å². The largest absolute Gasteiger partial charge is 0.345 e. The maximum absolute atomic E-state index is 12.8. The second kappa shape index (κ2) is 7.58. The first kappa shape index (κ1) is 18.6. The molecule has 1 aliphatic rings. The highest BCUT2D eigenvalue weighted by Crippen LogP contribution is 2.28.